The molecule has 1 aromatic heterocycles. The summed E-state index contributed by atoms with van der Waals surface area (Å²) in [6, 6.07) is 6.28. The summed E-state index contributed by atoms with van der Waals surface area (Å²) < 4.78 is 33.2. The zero-order chi connectivity index (χ0) is 21.6. The van der Waals surface area contributed by atoms with Crippen molar-refractivity contribution in [3.05, 3.63) is 54.1 Å². The van der Waals surface area contributed by atoms with Gasteiger partial charge in [0.15, 0.2) is 0 Å². The fourth-order valence-electron chi connectivity index (χ4n) is 3.32. The average Bonchev–Trinajstić information content (AvgIpc) is 2.75. The molecule has 0 spiro atoms. The van der Waals surface area contributed by atoms with Gasteiger partial charge in [0.1, 0.15) is 11.8 Å². The molecular weight excluding hydrogens is 408 g/mol. The first-order valence-electron chi connectivity index (χ1n) is 9.78. The standard InChI is InChI=1S/C20H26N4O5S/c1-14-2-5-16(6-3-14)30(27,28)23-9-8-15-4-7-17(19(13-25)29-15)24-20(26)18-12-21-10-11-22-18/h2-3,5-6,10-12,15,17,19,23,25H,4,7-9,13H2,1H3,(H,24,26)/t15-,17-,19+/m0/s1. The molecule has 3 atom stereocenters. The number of sulfonamides is 1. The molecule has 3 N–H and O–H groups in total. The highest BCUT2D eigenvalue weighted by molar-refractivity contribution is 7.89. The summed E-state index contributed by atoms with van der Waals surface area (Å²) in [7, 11) is -3.58. The first-order valence-corrected chi connectivity index (χ1v) is 11.3. The summed E-state index contributed by atoms with van der Waals surface area (Å²) in [5.74, 6) is -0.376. The van der Waals surface area contributed by atoms with Crippen molar-refractivity contribution in [1.82, 2.24) is 20.0 Å². The first kappa shape index (κ1) is 22.3. The van der Waals surface area contributed by atoms with Crippen molar-refractivity contribution >= 4 is 15.9 Å². The van der Waals surface area contributed by atoms with Gasteiger partial charge in [-0.3, -0.25) is 9.78 Å². The molecule has 1 aliphatic rings. The molecule has 3 rings (SSSR count). The molecule has 162 valence electrons. The number of hydrogen-bond acceptors (Lipinski definition) is 7. The number of aromatic nitrogens is 2. The Morgan fingerprint density at radius 3 is 2.67 bits per heavy atom. The molecular formula is C20H26N4O5S. The second kappa shape index (κ2) is 10.1. The minimum absolute atomic E-state index is 0.196. The van der Waals surface area contributed by atoms with E-state index in [9.17, 15) is 18.3 Å². The van der Waals surface area contributed by atoms with Crippen LogP contribution < -0.4 is 10.0 Å². The van der Waals surface area contributed by atoms with E-state index < -0.39 is 16.1 Å². The van der Waals surface area contributed by atoms with Crippen molar-refractivity contribution in [3.63, 3.8) is 0 Å². The maximum Gasteiger partial charge on any atom is 0.271 e. The van der Waals surface area contributed by atoms with Crippen molar-refractivity contribution in [2.75, 3.05) is 13.2 Å². The first-order chi connectivity index (χ1) is 14.4. The number of aliphatic hydroxyl groups is 1. The molecule has 1 aliphatic heterocycles. The Balaban J connectivity index is 1.49. The molecule has 9 nitrogen and oxygen atoms in total. The van der Waals surface area contributed by atoms with Crippen LogP contribution in [-0.4, -0.2) is 60.8 Å². The van der Waals surface area contributed by atoms with E-state index >= 15 is 0 Å². The highest BCUT2D eigenvalue weighted by Crippen LogP contribution is 2.22. The summed E-state index contributed by atoms with van der Waals surface area (Å²) in [5.41, 5.74) is 1.18. The van der Waals surface area contributed by atoms with Crippen molar-refractivity contribution in [2.24, 2.45) is 0 Å². The van der Waals surface area contributed by atoms with E-state index in [1.165, 1.54) is 18.6 Å². The van der Waals surface area contributed by atoms with Crippen LogP contribution >= 0.6 is 0 Å². The van der Waals surface area contributed by atoms with Crippen LogP contribution in [-0.2, 0) is 14.8 Å². The Morgan fingerprint density at radius 1 is 1.23 bits per heavy atom. The minimum Gasteiger partial charge on any atom is -0.394 e. The molecule has 2 heterocycles. The lowest BCUT2D eigenvalue weighted by molar-refractivity contribution is -0.0891. The molecule has 0 bridgehead atoms. The Morgan fingerprint density at radius 2 is 2.00 bits per heavy atom. The SMILES string of the molecule is Cc1ccc(S(=O)(=O)NCC[C@@H]2CC[C@H](NC(=O)c3cnccn3)[C@@H](CO)O2)cc1. The zero-order valence-corrected chi connectivity index (χ0v) is 17.5. The average molecular weight is 435 g/mol. The van der Waals surface area contributed by atoms with Crippen molar-refractivity contribution in [3.8, 4) is 0 Å². The van der Waals surface area contributed by atoms with Crippen LogP contribution in [0.25, 0.3) is 0 Å². The van der Waals surface area contributed by atoms with Gasteiger partial charge in [-0.05, 0) is 38.3 Å². The van der Waals surface area contributed by atoms with Crippen molar-refractivity contribution in [1.29, 1.82) is 0 Å². The van der Waals surface area contributed by atoms with Crippen LogP contribution in [0.2, 0.25) is 0 Å². The fourth-order valence-corrected chi connectivity index (χ4v) is 4.37. The molecule has 1 fully saturated rings. The quantitative estimate of drug-likeness (QED) is 0.560. The lowest BCUT2D eigenvalue weighted by atomic mass is 9.97. The number of ether oxygens (including phenoxy) is 1. The smallest absolute Gasteiger partial charge is 0.271 e. The summed E-state index contributed by atoms with van der Waals surface area (Å²) >= 11 is 0. The van der Waals surface area contributed by atoms with E-state index in [1.54, 1.807) is 24.3 Å². The van der Waals surface area contributed by atoms with E-state index in [-0.39, 0.29) is 41.8 Å². The number of rotatable bonds is 8. The molecule has 1 aromatic carbocycles. The Hall–Kier alpha value is -2.40. The van der Waals surface area contributed by atoms with Crippen LogP contribution in [0, 0.1) is 6.92 Å². The number of nitrogens with zero attached hydrogens (tertiary/aromatic N) is 2. The van der Waals surface area contributed by atoms with Gasteiger partial charge in [-0.15, -0.1) is 0 Å². The Bertz CT molecular complexity index is 937. The van der Waals surface area contributed by atoms with Crippen LogP contribution in [0.5, 0.6) is 0 Å². The second-order valence-corrected chi connectivity index (χ2v) is 8.99. The predicted octanol–water partition coefficient (Wildman–Crippen LogP) is 0.792. The fraction of sp³-hybridized carbons (Fsp3) is 0.450. The van der Waals surface area contributed by atoms with Crippen LogP contribution in [0.4, 0.5) is 0 Å². The van der Waals surface area contributed by atoms with E-state index in [1.807, 2.05) is 6.92 Å². The van der Waals surface area contributed by atoms with Crippen LogP contribution in [0.3, 0.4) is 0 Å². The number of hydrogen-bond donors (Lipinski definition) is 3. The van der Waals surface area contributed by atoms with Gasteiger partial charge in [-0.1, -0.05) is 17.7 Å². The molecule has 1 amide bonds. The largest absolute Gasteiger partial charge is 0.394 e. The van der Waals surface area contributed by atoms with E-state index in [0.717, 1.165) is 5.56 Å². The number of amides is 1. The van der Waals surface area contributed by atoms with Crippen LogP contribution in [0.1, 0.15) is 35.3 Å². The number of aryl methyl sites for hydroxylation is 1. The lowest BCUT2D eigenvalue weighted by Crippen LogP contribution is -2.51. The Kier molecular flexibility index (Phi) is 7.48. The summed E-state index contributed by atoms with van der Waals surface area (Å²) in [6.45, 7) is 1.86. The monoisotopic (exact) mass is 434 g/mol. The van der Waals surface area contributed by atoms with E-state index in [4.69, 9.17) is 4.74 Å². The van der Waals surface area contributed by atoms with Gasteiger partial charge in [0.2, 0.25) is 10.0 Å². The molecule has 0 unspecified atom stereocenters. The van der Waals surface area contributed by atoms with Gasteiger partial charge in [0, 0.05) is 18.9 Å². The summed E-state index contributed by atoms with van der Waals surface area (Å²) in [4.78, 5) is 20.3. The molecule has 0 aliphatic carbocycles. The normalized spacial score (nSPS) is 21.9. The van der Waals surface area contributed by atoms with E-state index in [2.05, 4.69) is 20.0 Å². The van der Waals surface area contributed by atoms with Gasteiger partial charge >= 0.3 is 0 Å². The third-order valence-electron chi connectivity index (χ3n) is 5.00. The number of benzene rings is 1. The van der Waals surface area contributed by atoms with Gasteiger partial charge in [0.05, 0.1) is 29.8 Å². The predicted molar refractivity (Wildman–Crippen MR) is 109 cm³/mol. The van der Waals surface area contributed by atoms with Crippen molar-refractivity contribution < 1.29 is 23.1 Å². The van der Waals surface area contributed by atoms with Crippen LogP contribution in [0.15, 0.2) is 47.8 Å². The maximum absolute atomic E-state index is 12.4. The number of carbonyl (C=O) groups excluding carboxylic acids is 1. The second-order valence-electron chi connectivity index (χ2n) is 7.23. The maximum atomic E-state index is 12.4. The van der Waals surface area contributed by atoms with Gasteiger partial charge in [-0.2, -0.15) is 0 Å². The number of aliphatic hydroxyl groups excluding tert-OH is 1. The Labute approximate surface area is 176 Å². The summed E-state index contributed by atoms with van der Waals surface area (Å²) in [6.07, 6.45) is 5.20. The topological polar surface area (TPSA) is 131 Å². The molecule has 0 saturated carbocycles. The highest BCUT2D eigenvalue weighted by Gasteiger charge is 2.32. The minimum atomic E-state index is -3.58. The summed E-state index contributed by atoms with van der Waals surface area (Å²) in [5, 5.41) is 12.5. The zero-order valence-electron chi connectivity index (χ0n) is 16.7. The van der Waals surface area contributed by atoms with E-state index in [0.29, 0.717) is 19.3 Å². The van der Waals surface area contributed by atoms with Crippen molar-refractivity contribution in [2.45, 2.75) is 49.3 Å². The molecule has 10 heteroatoms. The molecule has 30 heavy (non-hydrogen) atoms. The number of carbonyl (C=O) groups is 1. The molecule has 1 saturated heterocycles. The molecule has 0 radical (unpaired) electrons. The lowest BCUT2D eigenvalue weighted by Gasteiger charge is -2.36. The third-order valence-corrected chi connectivity index (χ3v) is 6.47. The van der Waals surface area contributed by atoms with Gasteiger partial charge in [0.25, 0.3) is 5.91 Å². The molecule has 2 aromatic rings. The van der Waals surface area contributed by atoms with Gasteiger partial charge in [-0.25, -0.2) is 18.1 Å². The number of nitrogens with one attached hydrogen (secondary N) is 2. The third kappa shape index (κ3) is 5.82. The van der Waals surface area contributed by atoms with Gasteiger partial charge < -0.3 is 15.2 Å². The highest BCUT2D eigenvalue weighted by atomic mass is 32.2.